The maximum Gasteiger partial charge on any atom is 0.0883 e. The summed E-state index contributed by atoms with van der Waals surface area (Å²) in [6.07, 6.45) is 11.3. The van der Waals surface area contributed by atoms with Crippen molar-refractivity contribution in [1.82, 2.24) is 5.32 Å². The van der Waals surface area contributed by atoms with Gasteiger partial charge in [0.05, 0.1) is 12.2 Å². The monoisotopic (exact) mass is 481 g/mol. The van der Waals surface area contributed by atoms with E-state index in [1.54, 1.807) is 0 Å². The summed E-state index contributed by atoms with van der Waals surface area (Å²) in [5.41, 5.74) is 1.69. The van der Waals surface area contributed by atoms with Crippen LogP contribution in [0, 0.1) is 40.4 Å². The Morgan fingerprint density at radius 3 is 2.43 bits per heavy atom. The number of hydrogen-bond acceptors (Lipinski definition) is 3. The second-order valence-electron chi connectivity index (χ2n) is 13.5. The Bertz CT molecular complexity index is 858. The molecule has 1 aromatic carbocycles. The zero-order chi connectivity index (χ0) is 24.8. The van der Waals surface area contributed by atoms with Crippen molar-refractivity contribution < 1.29 is 9.84 Å². The third-order valence-corrected chi connectivity index (χ3v) is 11.9. The minimum absolute atomic E-state index is 0.400. The first-order valence-corrected chi connectivity index (χ1v) is 14.8. The van der Waals surface area contributed by atoms with E-state index in [1.165, 1.54) is 50.5 Å². The number of nitrogens with one attached hydrogen (secondary N) is 1. The van der Waals surface area contributed by atoms with Gasteiger partial charge in [-0.3, -0.25) is 0 Å². The van der Waals surface area contributed by atoms with Gasteiger partial charge in [-0.15, -0.1) is 0 Å². The van der Waals surface area contributed by atoms with Crippen LogP contribution in [0.4, 0.5) is 0 Å². The summed E-state index contributed by atoms with van der Waals surface area (Å²) in [4.78, 5) is 0. The topological polar surface area (TPSA) is 41.5 Å². The molecule has 10 atom stereocenters. The zero-order valence-electron chi connectivity index (χ0n) is 23.1. The van der Waals surface area contributed by atoms with Crippen molar-refractivity contribution >= 4 is 0 Å². The average molecular weight is 482 g/mol. The molecule has 1 unspecified atom stereocenters. The van der Waals surface area contributed by atoms with Crippen LogP contribution >= 0.6 is 0 Å². The molecule has 0 bridgehead atoms. The standard InChI is InChI=1S/C32H51NO2/c1-6-35-21-32(34)19-18-30(4)25(20-32)12-13-26-28-15-14-27(31(28,5)17-16-29(26)30)23(3)33-22(2)24-10-8-7-9-11-24/h7-11,22-23,25-29,33-34H,6,12-21H2,1-5H3/t22-,23-,25-,26+,27?,28+,29+,30+,31-,32-/m1/s1. The van der Waals surface area contributed by atoms with Gasteiger partial charge in [0.15, 0.2) is 0 Å². The maximum atomic E-state index is 11.3. The molecule has 196 valence electrons. The van der Waals surface area contributed by atoms with Gasteiger partial charge in [-0.25, -0.2) is 0 Å². The Hall–Kier alpha value is -0.900. The van der Waals surface area contributed by atoms with E-state index in [1.807, 2.05) is 6.92 Å². The first-order chi connectivity index (χ1) is 16.7. The average Bonchev–Trinajstić information content (AvgIpc) is 3.21. The molecule has 0 saturated heterocycles. The number of ether oxygens (including phenoxy) is 1. The van der Waals surface area contributed by atoms with Crippen molar-refractivity contribution in [2.45, 2.75) is 110 Å². The quantitative estimate of drug-likeness (QED) is 0.434. The molecule has 2 N–H and O–H groups in total. The minimum Gasteiger partial charge on any atom is -0.387 e. The number of rotatable bonds is 7. The second-order valence-corrected chi connectivity index (χ2v) is 13.5. The van der Waals surface area contributed by atoms with Gasteiger partial charge in [0.2, 0.25) is 0 Å². The normalized spacial score (nSPS) is 44.7. The first kappa shape index (κ1) is 25.7. The highest BCUT2D eigenvalue weighted by molar-refractivity contribution is 5.19. The smallest absolute Gasteiger partial charge is 0.0883 e. The van der Waals surface area contributed by atoms with E-state index >= 15 is 0 Å². The fourth-order valence-corrected chi connectivity index (χ4v) is 9.96. The summed E-state index contributed by atoms with van der Waals surface area (Å²) in [5.74, 6) is 4.05. The second kappa shape index (κ2) is 9.76. The van der Waals surface area contributed by atoms with Crippen molar-refractivity contribution in [3.05, 3.63) is 35.9 Å². The number of benzene rings is 1. The highest BCUT2D eigenvalue weighted by Gasteiger charge is 2.61. The molecule has 0 amide bonds. The fourth-order valence-electron chi connectivity index (χ4n) is 9.96. The lowest BCUT2D eigenvalue weighted by atomic mass is 9.43. The zero-order valence-corrected chi connectivity index (χ0v) is 23.1. The van der Waals surface area contributed by atoms with Crippen LogP contribution in [0.5, 0.6) is 0 Å². The molecule has 0 spiro atoms. The Morgan fingerprint density at radius 2 is 1.69 bits per heavy atom. The van der Waals surface area contributed by atoms with E-state index < -0.39 is 5.60 Å². The van der Waals surface area contributed by atoms with E-state index in [4.69, 9.17) is 4.74 Å². The third-order valence-electron chi connectivity index (χ3n) is 11.9. The van der Waals surface area contributed by atoms with Crippen LogP contribution in [0.1, 0.15) is 104 Å². The van der Waals surface area contributed by atoms with Gasteiger partial charge in [0.1, 0.15) is 0 Å². The summed E-state index contributed by atoms with van der Waals surface area (Å²) in [5, 5.41) is 15.3. The van der Waals surface area contributed by atoms with Crippen LogP contribution in [0.3, 0.4) is 0 Å². The molecule has 0 heterocycles. The molecular formula is C32H51NO2. The lowest BCUT2D eigenvalue weighted by Crippen LogP contribution is -2.57. The molecule has 0 aromatic heterocycles. The van der Waals surface area contributed by atoms with E-state index in [-0.39, 0.29) is 0 Å². The summed E-state index contributed by atoms with van der Waals surface area (Å²) in [6, 6.07) is 11.9. The van der Waals surface area contributed by atoms with E-state index in [9.17, 15) is 5.11 Å². The largest absolute Gasteiger partial charge is 0.387 e. The summed E-state index contributed by atoms with van der Waals surface area (Å²) in [7, 11) is 0. The van der Waals surface area contributed by atoms with Gasteiger partial charge in [-0.1, -0.05) is 44.2 Å². The number of hydrogen-bond donors (Lipinski definition) is 2. The van der Waals surface area contributed by atoms with Crippen molar-refractivity contribution in [2.24, 2.45) is 40.4 Å². The molecule has 4 saturated carbocycles. The summed E-state index contributed by atoms with van der Waals surface area (Å²) >= 11 is 0. The van der Waals surface area contributed by atoms with Gasteiger partial charge in [-0.2, -0.15) is 0 Å². The van der Waals surface area contributed by atoms with Crippen molar-refractivity contribution in [3.63, 3.8) is 0 Å². The minimum atomic E-state index is -0.592. The Kier molecular flexibility index (Phi) is 7.18. The maximum absolute atomic E-state index is 11.3. The lowest BCUT2D eigenvalue weighted by Gasteiger charge is -2.62. The summed E-state index contributed by atoms with van der Waals surface area (Å²) in [6.45, 7) is 13.3. The van der Waals surface area contributed by atoms with Crippen LogP contribution < -0.4 is 5.32 Å². The van der Waals surface area contributed by atoms with Gasteiger partial charge in [0.25, 0.3) is 0 Å². The van der Waals surface area contributed by atoms with Crippen molar-refractivity contribution in [1.29, 1.82) is 0 Å². The molecule has 3 nitrogen and oxygen atoms in total. The Labute approximate surface area is 214 Å². The van der Waals surface area contributed by atoms with Crippen LogP contribution in [-0.2, 0) is 4.74 Å². The summed E-state index contributed by atoms with van der Waals surface area (Å²) < 4.78 is 5.70. The molecule has 1 aromatic rings. The molecule has 4 fully saturated rings. The van der Waals surface area contributed by atoms with Gasteiger partial charge < -0.3 is 15.2 Å². The van der Waals surface area contributed by atoms with Crippen LogP contribution in [-0.4, -0.2) is 30.0 Å². The SMILES string of the molecule is CCOC[C@@]1(O)CC[C@@]2(C)[C@H](CC[C@@H]3[C@@H]2CC[C@]2(C)C([C@@H](C)N[C@H](C)c4ccccc4)CC[C@@H]32)C1. The highest BCUT2D eigenvalue weighted by Crippen LogP contribution is 2.68. The predicted octanol–water partition coefficient (Wildman–Crippen LogP) is 7.15. The molecular weight excluding hydrogens is 430 g/mol. The molecule has 4 aliphatic rings. The van der Waals surface area contributed by atoms with Crippen LogP contribution in [0.15, 0.2) is 30.3 Å². The van der Waals surface area contributed by atoms with Crippen LogP contribution in [0.25, 0.3) is 0 Å². The molecule has 35 heavy (non-hydrogen) atoms. The van der Waals surface area contributed by atoms with E-state index in [0.717, 1.165) is 36.5 Å². The number of fused-ring (bicyclic) bond motifs is 5. The third kappa shape index (κ3) is 4.53. The molecule has 3 heteroatoms. The van der Waals surface area contributed by atoms with Crippen molar-refractivity contribution in [2.75, 3.05) is 13.2 Å². The van der Waals surface area contributed by atoms with Gasteiger partial charge >= 0.3 is 0 Å². The van der Waals surface area contributed by atoms with Crippen LogP contribution in [0.2, 0.25) is 0 Å². The van der Waals surface area contributed by atoms with Gasteiger partial charge in [-0.05, 0) is 125 Å². The first-order valence-electron chi connectivity index (χ1n) is 14.8. The highest BCUT2D eigenvalue weighted by atomic mass is 16.5. The molecule has 5 rings (SSSR count). The predicted molar refractivity (Wildman–Crippen MR) is 144 cm³/mol. The van der Waals surface area contributed by atoms with E-state index in [2.05, 4.69) is 63.3 Å². The molecule has 0 aliphatic heterocycles. The Morgan fingerprint density at radius 1 is 0.943 bits per heavy atom. The van der Waals surface area contributed by atoms with Crippen molar-refractivity contribution in [3.8, 4) is 0 Å². The van der Waals surface area contributed by atoms with E-state index in [0.29, 0.717) is 42.0 Å². The fraction of sp³-hybridized carbons (Fsp3) is 0.812. The lowest BCUT2D eigenvalue weighted by molar-refractivity contribution is -0.165. The molecule has 0 radical (unpaired) electrons. The molecule has 4 aliphatic carbocycles. The van der Waals surface area contributed by atoms with Gasteiger partial charge in [0, 0.05) is 18.7 Å². The Balaban J connectivity index is 1.27. The number of aliphatic hydroxyl groups is 1.